The summed E-state index contributed by atoms with van der Waals surface area (Å²) in [7, 11) is 0. The number of anilines is 2. The van der Waals surface area contributed by atoms with E-state index in [-0.39, 0.29) is 48.5 Å². The van der Waals surface area contributed by atoms with E-state index in [1.807, 2.05) is 24.3 Å². The van der Waals surface area contributed by atoms with Crippen molar-refractivity contribution in [3.63, 3.8) is 0 Å². The number of amides is 2. The number of morpholine rings is 1. The fourth-order valence-corrected chi connectivity index (χ4v) is 3.70. The number of nitrogens with one attached hydrogen (secondary N) is 2. The van der Waals surface area contributed by atoms with Gasteiger partial charge < -0.3 is 21.1 Å². The molecule has 3 rings (SSSR count). The van der Waals surface area contributed by atoms with Crippen molar-refractivity contribution < 1.29 is 14.3 Å². The first-order valence-corrected chi connectivity index (χ1v) is 9.36. The Balaban J connectivity index is 0.00000196. The largest absolute Gasteiger partial charge is 0.379 e. The van der Waals surface area contributed by atoms with Crippen molar-refractivity contribution in [3.05, 3.63) is 24.3 Å². The fourth-order valence-electron chi connectivity index (χ4n) is 3.70. The number of ether oxygens (including phenoxy) is 1. The van der Waals surface area contributed by atoms with E-state index in [0.29, 0.717) is 26.3 Å². The van der Waals surface area contributed by atoms with Crippen LogP contribution in [-0.4, -0.2) is 56.1 Å². The predicted molar refractivity (Wildman–Crippen MR) is 115 cm³/mol. The van der Waals surface area contributed by atoms with Crippen LogP contribution >= 0.6 is 24.8 Å². The summed E-state index contributed by atoms with van der Waals surface area (Å²) in [6.07, 6.45) is 3.00. The third-order valence-corrected chi connectivity index (χ3v) is 5.21. The third kappa shape index (κ3) is 6.90. The van der Waals surface area contributed by atoms with Gasteiger partial charge in [-0.15, -0.1) is 24.8 Å². The number of rotatable bonds is 6. The van der Waals surface area contributed by atoms with Crippen LogP contribution in [0.1, 0.15) is 19.3 Å². The molecule has 2 atom stereocenters. The van der Waals surface area contributed by atoms with Gasteiger partial charge in [-0.2, -0.15) is 0 Å². The van der Waals surface area contributed by atoms with E-state index in [1.54, 1.807) is 0 Å². The molecule has 28 heavy (non-hydrogen) atoms. The Morgan fingerprint density at radius 1 is 1.04 bits per heavy atom. The molecule has 0 bridgehead atoms. The summed E-state index contributed by atoms with van der Waals surface area (Å²) in [5, 5.41) is 5.86. The van der Waals surface area contributed by atoms with Crippen LogP contribution in [0.4, 0.5) is 11.4 Å². The number of nitrogens with two attached hydrogens (primary N) is 1. The maximum atomic E-state index is 12.4. The van der Waals surface area contributed by atoms with E-state index in [9.17, 15) is 9.59 Å². The van der Waals surface area contributed by atoms with Crippen LogP contribution in [0.5, 0.6) is 0 Å². The van der Waals surface area contributed by atoms with Crippen LogP contribution in [0.3, 0.4) is 0 Å². The van der Waals surface area contributed by atoms with E-state index >= 15 is 0 Å². The van der Waals surface area contributed by atoms with Gasteiger partial charge in [-0.25, -0.2) is 0 Å². The molecule has 158 valence electrons. The molecule has 1 heterocycles. The van der Waals surface area contributed by atoms with Gasteiger partial charge >= 0.3 is 0 Å². The summed E-state index contributed by atoms with van der Waals surface area (Å²) >= 11 is 0. The molecular formula is C19H30Cl2N4O3. The van der Waals surface area contributed by atoms with E-state index in [1.165, 1.54) is 0 Å². The summed E-state index contributed by atoms with van der Waals surface area (Å²) < 4.78 is 5.28. The molecule has 9 heteroatoms. The fraction of sp³-hybridized carbons (Fsp3) is 0.579. The van der Waals surface area contributed by atoms with Crippen LogP contribution in [0.15, 0.2) is 24.3 Å². The first-order chi connectivity index (χ1) is 12.7. The molecule has 1 aliphatic heterocycles. The zero-order valence-electron chi connectivity index (χ0n) is 15.9. The average molecular weight is 433 g/mol. The van der Waals surface area contributed by atoms with Crippen molar-refractivity contribution in [3.8, 4) is 0 Å². The van der Waals surface area contributed by atoms with E-state index in [4.69, 9.17) is 10.5 Å². The van der Waals surface area contributed by atoms with Gasteiger partial charge in [-0.1, -0.05) is 6.42 Å². The molecule has 2 fully saturated rings. The van der Waals surface area contributed by atoms with Crippen molar-refractivity contribution >= 4 is 48.0 Å². The smallest absolute Gasteiger partial charge is 0.238 e. The molecule has 4 N–H and O–H groups in total. The Labute approximate surface area is 178 Å². The van der Waals surface area contributed by atoms with Crippen molar-refractivity contribution in [2.45, 2.75) is 19.3 Å². The summed E-state index contributed by atoms with van der Waals surface area (Å²) in [5.41, 5.74) is 7.22. The molecule has 1 saturated heterocycles. The standard InChI is InChI=1S/C19H28N4O3.2ClH/c20-12-14-2-1-3-17(14)19(25)22-16-6-4-15(5-7-16)21-18(24)13-23-8-10-26-11-9-23;;/h4-7,14,17H,1-3,8-13,20H2,(H,21,24)(H,22,25);2*1H/t14-,17-;;/m1../s1. The van der Waals surface area contributed by atoms with Crippen molar-refractivity contribution in [1.82, 2.24) is 4.90 Å². The lowest BCUT2D eigenvalue weighted by molar-refractivity contribution is -0.121. The maximum Gasteiger partial charge on any atom is 0.238 e. The normalized spacial score (nSPS) is 21.9. The van der Waals surface area contributed by atoms with Gasteiger partial charge in [0.1, 0.15) is 0 Å². The van der Waals surface area contributed by atoms with Crippen LogP contribution in [0.2, 0.25) is 0 Å². The molecule has 0 aromatic heterocycles. The molecule has 0 unspecified atom stereocenters. The second-order valence-corrected chi connectivity index (χ2v) is 7.04. The Hall–Kier alpha value is -1.38. The van der Waals surface area contributed by atoms with Gasteiger partial charge in [0.25, 0.3) is 0 Å². The Kier molecular flexibility index (Phi) is 10.8. The molecular weight excluding hydrogens is 403 g/mol. The number of carbonyl (C=O) groups is 2. The maximum absolute atomic E-state index is 12.4. The molecule has 0 spiro atoms. The molecule has 1 aromatic rings. The summed E-state index contributed by atoms with van der Waals surface area (Å²) in [4.78, 5) is 26.6. The topological polar surface area (TPSA) is 96.7 Å². The monoisotopic (exact) mass is 432 g/mol. The first kappa shape index (κ1) is 24.7. The van der Waals surface area contributed by atoms with Gasteiger partial charge in [0.05, 0.1) is 19.8 Å². The minimum absolute atomic E-state index is 0. The molecule has 1 saturated carbocycles. The number of carbonyl (C=O) groups excluding carboxylic acids is 2. The summed E-state index contributed by atoms with van der Waals surface area (Å²) in [5.74, 6) is 0.295. The first-order valence-electron chi connectivity index (χ1n) is 9.36. The predicted octanol–water partition coefficient (Wildman–Crippen LogP) is 2.11. The minimum Gasteiger partial charge on any atom is -0.379 e. The number of benzene rings is 1. The number of halogens is 2. The van der Waals surface area contributed by atoms with Crippen molar-refractivity contribution in [2.75, 3.05) is 50.0 Å². The van der Waals surface area contributed by atoms with E-state index in [0.717, 1.165) is 43.7 Å². The quantitative estimate of drug-likeness (QED) is 0.639. The minimum atomic E-state index is -0.0413. The molecule has 1 aliphatic carbocycles. The highest BCUT2D eigenvalue weighted by Crippen LogP contribution is 2.31. The van der Waals surface area contributed by atoms with E-state index in [2.05, 4.69) is 15.5 Å². The van der Waals surface area contributed by atoms with Gasteiger partial charge in [-0.05, 0) is 49.6 Å². The van der Waals surface area contributed by atoms with E-state index < -0.39 is 0 Å². The van der Waals surface area contributed by atoms with Crippen molar-refractivity contribution in [1.29, 1.82) is 0 Å². The number of hydrogen-bond donors (Lipinski definition) is 3. The zero-order valence-corrected chi connectivity index (χ0v) is 17.5. The summed E-state index contributed by atoms with van der Waals surface area (Å²) in [6.45, 7) is 3.84. The second-order valence-electron chi connectivity index (χ2n) is 7.04. The molecule has 0 radical (unpaired) electrons. The SMILES string of the molecule is Cl.Cl.NC[C@H]1CCC[C@H]1C(=O)Nc1ccc(NC(=O)CN2CCOCC2)cc1. The van der Waals surface area contributed by atoms with Gasteiger partial charge in [0.2, 0.25) is 11.8 Å². The number of nitrogens with zero attached hydrogens (tertiary/aromatic N) is 1. The molecule has 2 amide bonds. The molecule has 7 nitrogen and oxygen atoms in total. The average Bonchev–Trinajstić information content (AvgIpc) is 3.13. The Morgan fingerprint density at radius 2 is 1.64 bits per heavy atom. The van der Waals surface area contributed by atoms with Crippen LogP contribution < -0.4 is 16.4 Å². The number of hydrogen-bond acceptors (Lipinski definition) is 5. The van der Waals surface area contributed by atoms with Crippen LogP contribution in [0, 0.1) is 11.8 Å². The van der Waals surface area contributed by atoms with Gasteiger partial charge in [-0.3, -0.25) is 14.5 Å². The Morgan fingerprint density at radius 3 is 2.25 bits per heavy atom. The van der Waals surface area contributed by atoms with Crippen LogP contribution in [0.25, 0.3) is 0 Å². The second kappa shape index (κ2) is 12.2. The highest BCUT2D eigenvalue weighted by Gasteiger charge is 2.31. The lowest BCUT2D eigenvalue weighted by atomic mass is 9.95. The molecule has 2 aliphatic rings. The van der Waals surface area contributed by atoms with Gasteiger partial charge in [0.15, 0.2) is 0 Å². The zero-order chi connectivity index (χ0) is 18.4. The van der Waals surface area contributed by atoms with Crippen LogP contribution in [-0.2, 0) is 14.3 Å². The highest BCUT2D eigenvalue weighted by atomic mass is 35.5. The van der Waals surface area contributed by atoms with Gasteiger partial charge in [0, 0.05) is 30.4 Å². The summed E-state index contributed by atoms with van der Waals surface area (Å²) in [6, 6.07) is 7.24. The third-order valence-electron chi connectivity index (χ3n) is 5.21. The lowest BCUT2D eigenvalue weighted by Crippen LogP contribution is -2.41. The highest BCUT2D eigenvalue weighted by molar-refractivity contribution is 5.94. The Bertz CT molecular complexity index is 624. The van der Waals surface area contributed by atoms with Crippen molar-refractivity contribution in [2.24, 2.45) is 17.6 Å². The molecule has 1 aromatic carbocycles. The lowest BCUT2D eigenvalue weighted by Gasteiger charge is -2.25.